The summed E-state index contributed by atoms with van der Waals surface area (Å²) in [7, 11) is 0. The second kappa shape index (κ2) is 12.1. The zero-order chi connectivity index (χ0) is 22.2. The number of rotatable bonds is 6. The van der Waals surface area contributed by atoms with E-state index in [4.69, 9.17) is 0 Å². The first-order valence-corrected chi connectivity index (χ1v) is 13.3. The lowest BCUT2D eigenvalue weighted by Crippen LogP contribution is -2.60. The fourth-order valence-electron chi connectivity index (χ4n) is 5.77. The Hall–Kier alpha value is -0.0400. The maximum atomic E-state index is 4.36. The molecular formula is C28H57N. The molecule has 0 aromatic heterocycles. The minimum Gasteiger partial charge on any atom is -0.308 e. The Morgan fingerprint density at radius 2 is 1.55 bits per heavy atom. The molecule has 1 rings (SSSR count). The highest BCUT2D eigenvalue weighted by atomic mass is 15.0. The topological polar surface area (TPSA) is 12.0 Å². The predicted molar refractivity (Wildman–Crippen MR) is 132 cm³/mol. The molecule has 0 aromatic carbocycles. The fourth-order valence-corrected chi connectivity index (χ4v) is 5.77. The lowest BCUT2D eigenvalue weighted by molar-refractivity contribution is 0.0564. The molecule has 1 aliphatic heterocycles. The van der Waals surface area contributed by atoms with E-state index in [9.17, 15) is 0 Å². The summed E-state index contributed by atoms with van der Waals surface area (Å²) < 4.78 is 0. The van der Waals surface area contributed by atoms with E-state index in [2.05, 4.69) is 74.6 Å². The van der Waals surface area contributed by atoms with E-state index in [1.165, 1.54) is 64.2 Å². The van der Waals surface area contributed by atoms with Crippen LogP contribution < -0.4 is 5.32 Å². The van der Waals surface area contributed by atoms with Crippen LogP contribution >= 0.6 is 0 Å². The summed E-state index contributed by atoms with van der Waals surface area (Å²) >= 11 is 0. The molecular weight excluding hydrogens is 350 g/mol. The number of hydrogen-bond donors (Lipinski definition) is 1. The van der Waals surface area contributed by atoms with Gasteiger partial charge in [-0.3, -0.25) is 0 Å². The van der Waals surface area contributed by atoms with Crippen LogP contribution in [0.5, 0.6) is 0 Å². The third-order valence-corrected chi connectivity index (χ3v) is 9.72. The van der Waals surface area contributed by atoms with E-state index < -0.39 is 0 Å². The highest BCUT2D eigenvalue weighted by Crippen LogP contribution is 2.44. The lowest BCUT2D eigenvalue weighted by atomic mass is 9.64. The molecule has 0 aliphatic carbocycles. The van der Waals surface area contributed by atoms with Crippen LogP contribution in [0, 0.1) is 35.0 Å². The molecule has 0 aromatic rings. The van der Waals surface area contributed by atoms with Crippen molar-refractivity contribution in [3.63, 3.8) is 0 Å². The van der Waals surface area contributed by atoms with E-state index in [1.54, 1.807) is 0 Å². The summed E-state index contributed by atoms with van der Waals surface area (Å²) in [6, 6.07) is 0.626. The van der Waals surface area contributed by atoms with Crippen molar-refractivity contribution in [3.05, 3.63) is 0 Å². The van der Waals surface area contributed by atoms with Crippen molar-refractivity contribution < 1.29 is 0 Å². The molecule has 0 bridgehead atoms. The molecule has 174 valence electrons. The molecule has 1 heterocycles. The zero-order valence-corrected chi connectivity index (χ0v) is 22.0. The Morgan fingerprint density at radius 1 is 0.897 bits per heavy atom. The highest BCUT2D eigenvalue weighted by Gasteiger charge is 2.43. The largest absolute Gasteiger partial charge is 0.308 e. The van der Waals surface area contributed by atoms with E-state index in [0.717, 1.165) is 29.6 Å². The molecule has 0 amide bonds. The summed E-state index contributed by atoms with van der Waals surface area (Å²) in [6.45, 7) is 24.8. The summed E-state index contributed by atoms with van der Waals surface area (Å²) in [5.74, 6) is 4.03. The average Bonchev–Trinajstić information content (AvgIpc) is 2.71. The number of nitrogens with one attached hydrogen (secondary N) is 1. The molecule has 1 N–H and O–H groups in total. The van der Waals surface area contributed by atoms with Crippen LogP contribution in [-0.4, -0.2) is 11.6 Å². The Balaban J connectivity index is 3.31. The first-order chi connectivity index (χ1) is 13.5. The molecule has 1 heteroatoms. The van der Waals surface area contributed by atoms with E-state index in [-0.39, 0.29) is 5.54 Å². The van der Waals surface area contributed by atoms with Gasteiger partial charge in [-0.05, 0) is 74.0 Å². The average molecular weight is 408 g/mol. The predicted octanol–water partition coefficient (Wildman–Crippen LogP) is 8.86. The highest BCUT2D eigenvalue weighted by molar-refractivity contribution is 5.01. The Kier molecular flexibility index (Phi) is 11.3. The fraction of sp³-hybridized carbons (Fsp3) is 1.00. The molecule has 0 spiro atoms. The van der Waals surface area contributed by atoms with Gasteiger partial charge in [0, 0.05) is 11.6 Å². The molecule has 0 radical (unpaired) electrons. The Morgan fingerprint density at radius 3 is 2.07 bits per heavy atom. The van der Waals surface area contributed by atoms with Gasteiger partial charge in [-0.2, -0.15) is 0 Å². The summed E-state index contributed by atoms with van der Waals surface area (Å²) in [6.07, 6.45) is 13.6. The van der Waals surface area contributed by atoms with Crippen LogP contribution in [0.25, 0.3) is 0 Å². The second-order valence-corrected chi connectivity index (χ2v) is 11.8. The molecule has 29 heavy (non-hydrogen) atoms. The van der Waals surface area contributed by atoms with Crippen LogP contribution in [0.4, 0.5) is 0 Å². The summed E-state index contributed by atoms with van der Waals surface area (Å²) in [5, 5.41) is 4.36. The van der Waals surface area contributed by atoms with Crippen LogP contribution in [-0.2, 0) is 0 Å². The van der Waals surface area contributed by atoms with Crippen LogP contribution in [0.2, 0.25) is 0 Å². The van der Waals surface area contributed by atoms with E-state index in [0.29, 0.717) is 11.5 Å². The normalized spacial score (nSPS) is 38.0. The number of hydrogen-bond acceptors (Lipinski definition) is 1. The van der Waals surface area contributed by atoms with Gasteiger partial charge in [0.15, 0.2) is 0 Å². The van der Waals surface area contributed by atoms with E-state index >= 15 is 0 Å². The Bertz CT molecular complexity index is 444. The van der Waals surface area contributed by atoms with Gasteiger partial charge in [0.2, 0.25) is 0 Å². The van der Waals surface area contributed by atoms with Crippen molar-refractivity contribution >= 4 is 0 Å². The smallest absolute Gasteiger partial charge is 0.0206 e. The van der Waals surface area contributed by atoms with Crippen LogP contribution in [0.3, 0.4) is 0 Å². The second-order valence-electron chi connectivity index (χ2n) is 11.8. The van der Waals surface area contributed by atoms with Gasteiger partial charge < -0.3 is 5.32 Å². The quantitative estimate of drug-likeness (QED) is 0.463. The maximum absolute atomic E-state index is 4.36. The van der Waals surface area contributed by atoms with Crippen LogP contribution in [0.1, 0.15) is 133 Å². The first-order valence-electron chi connectivity index (χ1n) is 13.3. The van der Waals surface area contributed by atoms with Gasteiger partial charge in [-0.1, -0.05) is 94.4 Å². The van der Waals surface area contributed by atoms with Crippen molar-refractivity contribution in [2.75, 3.05) is 0 Å². The SMILES string of the molecule is CCC(C)C1CCC(C)CCCCC(C)(CC)C(C)(CC)NC(C(C)C(C)C)C1. The van der Waals surface area contributed by atoms with Crippen molar-refractivity contribution in [1.29, 1.82) is 0 Å². The maximum Gasteiger partial charge on any atom is 0.0206 e. The summed E-state index contributed by atoms with van der Waals surface area (Å²) in [4.78, 5) is 0. The van der Waals surface area contributed by atoms with Gasteiger partial charge in [0.1, 0.15) is 0 Å². The third-order valence-electron chi connectivity index (χ3n) is 9.72. The first kappa shape index (κ1) is 27.0. The standard InChI is InChI=1S/C28H57N/c1-11-23(7)25-18-17-22(6)16-14-15-19-27(9,12-2)28(10,13-3)29-26(20-25)24(8)21(4)5/h21-26,29H,11-20H2,1-10H3. The lowest BCUT2D eigenvalue weighted by Gasteiger charge is -2.51. The zero-order valence-electron chi connectivity index (χ0n) is 22.0. The molecule has 0 saturated carbocycles. The summed E-state index contributed by atoms with van der Waals surface area (Å²) in [5.41, 5.74) is 0.592. The van der Waals surface area contributed by atoms with Gasteiger partial charge in [0.05, 0.1) is 0 Å². The van der Waals surface area contributed by atoms with Crippen molar-refractivity contribution in [1.82, 2.24) is 5.32 Å². The van der Waals surface area contributed by atoms with Gasteiger partial charge in [0.25, 0.3) is 0 Å². The molecule has 1 aliphatic rings. The molecule has 1 saturated heterocycles. The molecule has 1 nitrogen and oxygen atoms in total. The minimum atomic E-state index is 0.217. The van der Waals surface area contributed by atoms with E-state index in [1.807, 2.05) is 0 Å². The van der Waals surface area contributed by atoms with Crippen LogP contribution in [0.15, 0.2) is 0 Å². The van der Waals surface area contributed by atoms with Gasteiger partial charge in [-0.15, -0.1) is 0 Å². The monoisotopic (exact) mass is 407 g/mol. The van der Waals surface area contributed by atoms with Gasteiger partial charge in [-0.25, -0.2) is 0 Å². The molecule has 1 fully saturated rings. The Labute approximate surface area is 185 Å². The molecule has 7 unspecified atom stereocenters. The van der Waals surface area contributed by atoms with Crippen molar-refractivity contribution in [2.45, 2.75) is 145 Å². The van der Waals surface area contributed by atoms with Gasteiger partial charge >= 0.3 is 0 Å². The minimum absolute atomic E-state index is 0.217. The van der Waals surface area contributed by atoms with Crippen molar-refractivity contribution in [2.24, 2.45) is 35.0 Å². The molecule has 7 atom stereocenters. The van der Waals surface area contributed by atoms with Crippen molar-refractivity contribution in [3.8, 4) is 0 Å². The third kappa shape index (κ3) is 7.26.